The molecule has 0 heterocycles. The number of aryl methyl sites for hydroxylation is 1. The van der Waals surface area contributed by atoms with Crippen LogP contribution < -0.4 is 0 Å². The molecule has 1 aliphatic carbocycles. The second-order valence-electron chi connectivity index (χ2n) is 4.87. The summed E-state index contributed by atoms with van der Waals surface area (Å²) in [4.78, 5) is 10.9. The molecular formula is C15H17NO3S. The van der Waals surface area contributed by atoms with E-state index >= 15 is 0 Å². The predicted octanol–water partition coefficient (Wildman–Crippen LogP) is 1.60. The minimum absolute atomic E-state index is 0.0610. The van der Waals surface area contributed by atoms with Crippen molar-refractivity contribution in [1.82, 2.24) is 4.31 Å². The molecule has 0 atom stereocenters. The van der Waals surface area contributed by atoms with Crippen LogP contribution in [0.25, 0.3) is 0 Å². The summed E-state index contributed by atoms with van der Waals surface area (Å²) in [5, 5.41) is 0. The van der Waals surface area contributed by atoms with Crippen molar-refractivity contribution in [2.75, 3.05) is 13.1 Å². The van der Waals surface area contributed by atoms with Crippen LogP contribution >= 0.6 is 0 Å². The molecule has 0 radical (unpaired) electrons. The molecule has 0 N–H and O–H groups in total. The summed E-state index contributed by atoms with van der Waals surface area (Å²) >= 11 is 0. The highest BCUT2D eigenvalue weighted by molar-refractivity contribution is 7.89. The summed E-state index contributed by atoms with van der Waals surface area (Å²) in [7, 11) is -3.66. The molecule has 1 aromatic carbocycles. The van der Waals surface area contributed by atoms with E-state index in [9.17, 15) is 13.2 Å². The average Bonchev–Trinajstić information content (AvgIpc) is 3.22. The zero-order valence-electron chi connectivity index (χ0n) is 11.4. The van der Waals surface area contributed by atoms with Gasteiger partial charge in [0.05, 0.1) is 18.0 Å². The Kier molecular flexibility index (Phi) is 4.58. The molecule has 0 bridgehead atoms. The molecule has 20 heavy (non-hydrogen) atoms. The van der Waals surface area contributed by atoms with Gasteiger partial charge in [-0.05, 0) is 31.9 Å². The third-order valence-corrected chi connectivity index (χ3v) is 4.90. The number of aldehydes is 1. The Balaban J connectivity index is 2.19. The molecule has 1 saturated carbocycles. The molecule has 1 aliphatic rings. The lowest BCUT2D eigenvalue weighted by Crippen LogP contribution is -2.33. The maximum Gasteiger partial charge on any atom is 0.244 e. The lowest BCUT2D eigenvalue weighted by Gasteiger charge is -2.17. The van der Waals surface area contributed by atoms with Gasteiger partial charge < -0.3 is 4.79 Å². The van der Waals surface area contributed by atoms with Crippen molar-refractivity contribution in [3.05, 3.63) is 29.8 Å². The fraction of sp³-hybridized carbons (Fsp3) is 0.400. The van der Waals surface area contributed by atoms with Crippen LogP contribution in [0.5, 0.6) is 0 Å². The largest absolute Gasteiger partial charge is 0.302 e. The van der Waals surface area contributed by atoms with E-state index in [1.807, 2.05) is 6.92 Å². The first-order valence-corrected chi connectivity index (χ1v) is 7.97. The minimum atomic E-state index is -3.66. The van der Waals surface area contributed by atoms with Gasteiger partial charge in [-0.3, -0.25) is 0 Å². The van der Waals surface area contributed by atoms with E-state index in [2.05, 4.69) is 11.8 Å². The Morgan fingerprint density at radius 3 is 2.50 bits per heavy atom. The molecule has 106 valence electrons. The normalized spacial score (nSPS) is 14.7. The van der Waals surface area contributed by atoms with Crippen molar-refractivity contribution in [3.63, 3.8) is 0 Å². The molecule has 0 unspecified atom stereocenters. The van der Waals surface area contributed by atoms with Gasteiger partial charge in [-0.2, -0.15) is 4.31 Å². The lowest BCUT2D eigenvalue weighted by atomic mass is 10.2. The summed E-state index contributed by atoms with van der Waals surface area (Å²) in [6.07, 6.45) is 2.77. The SMILES string of the molecule is Cc1ccc(S(=O)(=O)N(CC#CC2CC2)CC=O)cc1. The van der Waals surface area contributed by atoms with Crippen LogP contribution in [-0.2, 0) is 14.8 Å². The third kappa shape index (κ3) is 3.69. The van der Waals surface area contributed by atoms with Gasteiger partial charge in [-0.15, -0.1) is 0 Å². The quantitative estimate of drug-likeness (QED) is 0.611. The van der Waals surface area contributed by atoms with E-state index in [-0.39, 0.29) is 18.0 Å². The van der Waals surface area contributed by atoms with E-state index in [4.69, 9.17) is 0 Å². The smallest absolute Gasteiger partial charge is 0.244 e. The Labute approximate surface area is 119 Å². The van der Waals surface area contributed by atoms with E-state index in [1.54, 1.807) is 24.3 Å². The summed E-state index contributed by atoms with van der Waals surface area (Å²) in [5.74, 6) is 6.28. The number of hydrogen-bond acceptors (Lipinski definition) is 3. The highest BCUT2D eigenvalue weighted by atomic mass is 32.2. The molecule has 1 aromatic rings. The summed E-state index contributed by atoms with van der Waals surface area (Å²) in [6.45, 7) is 1.78. The third-order valence-electron chi connectivity index (χ3n) is 3.08. The van der Waals surface area contributed by atoms with Crippen molar-refractivity contribution in [2.24, 2.45) is 5.92 Å². The van der Waals surface area contributed by atoms with Crippen molar-refractivity contribution in [3.8, 4) is 11.8 Å². The average molecular weight is 291 g/mol. The maximum absolute atomic E-state index is 12.4. The first-order chi connectivity index (χ1) is 9.54. The van der Waals surface area contributed by atoms with Crippen LogP contribution in [0.2, 0.25) is 0 Å². The predicted molar refractivity (Wildman–Crippen MR) is 76.5 cm³/mol. The number of carbonyl (C=O) groups excluding carboxylic acids is 1. The molecule has 4 nitrogen and oxygen atoms in total. The fourth-order valence-electron chi connectivity index (χ4n) is 1.70. The van der Waals surface area contributed by atoms with Crippen LogP contribution in [0.15, 0.2) is 29.2 Å². The Morgan fingerprint density at radius 1 is 1.30 bits per heavy atom. The molecular weight excluding hydrogens is 274 g/mol. The Hall–Kier alpha value is -1.64. The topological polar surface area (TPSA) is 54.5 Å². The van der Waals surface area contributed by atoms with Crippen molar-refractivity contribution in [1.29, 1.82) is 0 Å². The van der Waals surface area contributed by atoms with Crippen molar-refractivity contribution in [2.45, 2.75) is 24.7 Å². The van der Waals surface area contributed by atoms with Crippen LogP contribution in [0.3, 0.4) is 0 Å². The van der Waals surface area contributed by atoms with Crippen molar-refractivity contribution >= 4 is 16.3 Å². The van der Waals surface area contributed by atoms with Gasteiger partial charge >= 0.3 is 0 Å². The van der Waals surface area contributed by atoms with Crippen LogP contribution in [0.1, 0.15) is 18.4 Å². The highest BCUT2D eigenvalue weighted by Gasteiger charge is 2.23. The first-order valence-electron chi connectivity index (χ1n) is 6.53. The van der Waals surface area contributed by atoms with Gasteiger partial charge in [0, 0.05) is 5.92 Å². The number of sulfonamides is 1. The van der Waals surface area contributed by atoms with E-state index in [1.165, 1.54) is 0 Å². The molecule has 5 heteroatoms. The molecule has 0 spiro atoms. The zero-order valence-corrected chi connectivity index (χ0v) is 12.2. The second kappa shape index (κ2) is 6.21. The van der Waals surface area contributed by atoms with Gasteiger partial charge in [-0.1, -0.05) is 29.5 Å². The molecule has 0 aromatic heterocycles. The van der Waals surface area contributed by atoms with E-state index in [0.717, 1.165) is 22.7 Å². The number of hydrogen-bond donors (Lipinski definition) is 0. The van der Waals surface area contributed by atoms with Crippen LogP contribution in [-0.4, -0.2) is 32.1 Å². The number of rotatable bonds is 5. The monoisotopic (exact) mass is 291 g/mol. The molecule has 2 rings (SSSR count). The van der Waals surface area contributed by atoms with E-state index < -0.39 is 10.0 Å². The standard InChI is InChI=1S/C15H17NO3S/c1-13-4-8-15(9-5-13)20(18,19)16(11-12-17)10-2-3-14-6-7-14/h4-5,8-9,12,14H,6-7,10-11H2,1H3. The highest BCUT2D eigenvalue weighted by Crippen LogP contribution is 2.27. The number of nitrogens with zero attached hydrogens (tertiary/aromatic N) is 1. The number of carbonyl (C=O) groups is 1. The molecule has 0 aliphatic heterocycles. The second-order valence-corrected chi connectivity index (χ2v) is 6.81. The maximum atomic E-state index is 12.4. The lowest BCUT2D eigenvalue weighted by molar-refractivity contribution is -0.108. The summed E-state index contributed by atoms with van der Waals surface area (Å²) in [5.41, 5.74) is 0.986. The van der Waals surface area contributed by atoms with Gasteiger partial charge in [-0.25, -0.2) is 8.42 Å². The van der Waals surface area contributed by atoms with Crippen LogP contribution in [0.4, 0.5) is 0 Å². The van der Waals surface area contributed by atoms with Crippen molar-refractivity contribution < 1.29 is 13.2 Å². The van der Waals surface area contributed by atoms with E-state index in [0.29, 0.717) is 12.2 Å². The minimum Gasteiger partial charge on any atom is -0.302 e. The van der Waals surface area contributed by atoms with Gasteiger partial charge in [0.1, 0.15) is 6.29 Å². The summed E-state index contributed by atoms with van der Waals surface area (Å²) < 4.78 is 26.0. The fourth-order valence-corrected chi connectivity index (χ4v) is 2.97. The summed E-state index contributed by atoms with van der Waals surface area (Å²) in [6, 6.07) is 6.58. The zero-order chi connectivity index (χ0) is 14.6. The van der Waals surface area contributed by atoms with Gasteiger partial charge in [0.2, 0.25) is 10.0 Å². The van der Waals surface area contributed by atoms with Crippen LogP contribution in [0, 0.1) is 24.7 Å². The molecule has 1 fully saturated rings. The Morgan fingerprint density at radius 2 is 1.95 bits per heavy atom. The first kappa shape index (κ1) is 14.8. The molecule has 0 amide bonds. The van der Waals surface area contributed by atoms with Gasteiger partial charge in [0.15, 0.2) is 0 Å². The number of benzene rings is 1. The van der Waals surface area contributed by atoms with Gasteiger partial charge in [0.25, 0.3) is 0 Å². The molecule has 0 saturated heterocycles. The Bertz CT molecular complexity index is 634.